The van der Waals surface area contributed by atoms with Gasteiger partial charge in [0.05, 0.1) is 11.0 Å². The van der Waals surface area contributed by atoms with Crippen LogP contribution >= 0.6 is 0 Å². The molecule has 1 heterocycles. The van der Waals surface area contributed by atoms with Crippen molar-refractivity contribution in [3.63, 3.8) is 0 Å². The summed E-state index contributed by atoms with van der Waals surface area (Å²) in [4.78, 5) is 36.1. The van der Waals surface area contributed by atoms with E-state index in [1.165, 1.54) is 9.13 Å². The Hall–Kier alpha value is -3.35. The number of para-hydroxylation sites is 2. The number of amides is 2. The van der Waals surface area contributed by atoms with E-state index in [2.05, 4.69) is 10.6 Å². The Morgan fingerprint density at radius 3 is 2.28 bits per heavy atom. The summed E-state index contributed by atoms with van der Waals surface area (Å²) in [6, 6.07) is 13.9. The molecule has 0 saturated carbocycles. The SMILES string of the molecule is CNC(=O)c1ccc(NC(=O)Cn2c(=O)n(C)c3ccccc32)cc1. The van der Waals surface area contributed by atoms with Gasteiger partial charge in [-0.2, -0.15) is 0 Å². The normalized spacial score (nSPS) is 10.6. The number of anilines is 1. The van der Waals surface area contributed by atoms with Crippen LogP contribution < -0.4 is 16.3 Å². The fraction of sp³-hybridized carbons (Fsp3) is 0.167. The molecule has 2 N–H and O–H groups in total. The average molecular weight is 338 g/mol. The minimum atomic E-state index is -0.314. The molecule has 0 saturated heterocycles. The minimum Gasteiger partial charge on any atom is -0.355 e. The Morgan fingerprint density at radius 1 is 1.00 bits per heavy atom. The van der Waals surface area contributed by atoms with E-state index in [4.69, 9.17) is 0 Å². The predicted octanol–water partition coefficient (Wildman–Crippen LogP) is 1.34. The van der Waals surface area contributed by atoms with Gasteiger partial charge in [0.15, 0.2) is 0 Å². The molecule has 0 spiro atoms. The van der Waals surface area contributed by atoms with Gasteiger partial charge in [0.2, 0.25) is 5.91 Å². The molecular weight excluding hydrogens is 320 g/mol. The Morgan fingerprint density at radius 2 is 1.64 bits per heavy atom. The molecule has 2 amide bonds. The smallest absolute Gasteiger partial charge is 0.329 e. The van der Waals surface area contributed by atoms with Crippen molar-refractivity contribution in [2.75, 3.05) is 12.4 Å². The number of benzene rings is 2. The van der Waals surface area contributed by atoms with Gasteiger partial charge >= 0.3 is 5.69 Å². The number of rotatable bonds is 4. The van der Waals surface area contributed by atoms with E-state index in [1.54, 1.807) is 38.4 Å². The first kappa shape index (κ1) is 16.5. The number of aromatic nitrogens is 2. The molecule has 2 aromatic carbocycles. The molecule has 7 heteroatoms. The molecule has 0 atom stereocenters. The Bertz CT molecular complexity index is 999. The maximum atomic E-state index is 12.3. The van der Waals surface area contributed by atoms with Crippen molar-refractivity contribution < 1.29 is 9.59 Å². The number of nitrogens with zero attached hydrogens (tertiary/aromatic N) is 2. The number of aryl methyl sites for hydroxylation is 1. The summed E-state index contributed by atoms with van der Waals surface area (Å²) in [5.41, 5.74) is 2.30. The lowest BCUT2D eigenvalue weighted by atomic mass is 10.2. The van der Waals surface area contributed by atoms with Crippen molar-refractivity contribution in [1.82, 2.24) is 14.5 Å². The van der Waals surface area contributed by atoms with Gasteiger partial charge < -0.3 is 10.6 Å². The molecule has 1 aromatic heterocycles. The van der Waals surface area contributed by atoms with Crippen LogP contribution in [0.1, 0.15) is 10.4 Å². The lowest BCUT2D eigenvalue weighted by molar-refractivity contribution is -0.116. The van der Waals surface area contributed by atoms with E-state index in [1.807, 2.05) is 24.3 Å². The number of fused-ring (bicyclic) bond motifs is 1. The molecule has 25 heavy (non-hydrogen) atoms. The highest BCUT2D eigenvalue weighted by Crippen LogP contribution is 2.13. The highest BCUT2D eigenvalue weighted by atomic mass is 16.2. The van der Waals surface area contributed by atoms with Crippen LogP contribution in [0, 0.1) is 0 Å². The molecule has 128 valence electrons. The Kier molecular flexibility index (Phi) is 4.38. The van der Waals surface area contributed by atoms with Gasteiger partial charge in [0.25, 0.3) is 5.91 Å². The summed E-state index contributed by atoms with van der Waals surface area (Å²) in [5.74, 6) is -0.508. The molecule has 0 bridgehead atoms. The monoisotopic (exact) mass is 338 g/mol. The summed E-state index contributed by atoms with van der Waals surface area (Å²) in [7, 11) is 3.23. The fourth-order valence-electron chi connectivity index (χ4n) is 2.71. The number of carbonyl (C=O) groups excluding carboxylic acids is 2. The van der Waals surface area contributed by atoms with E-state index in [-0.39, 0.29) is 24.0 Å². The van der Waals surface area contributed by atoms with Crippen molar-refractivity contribution in [1.29, 1.82) is 0 Å². The number of nitrogens with one attached hydrogen (secondary N) is 2. The Balaban J connectivity index is 1.79. The molecule has 7 nitrogen and oxygen atoms in total. The standard InChI is InChI=1S/C18H18N4O3/c1-19-17(24)12-7-9-13(10-8-12)20-16(23)11-22-15-6-4-3-5-14(15)21(2)18(22)25/h3-10H,11H2,1-2H3,(H,19,24)(H,20,23). The second kappa shape index (κ2) is 6.64. The lowest BCUT2D eigenvalue weighted by Crippen LogP contribution is -2.28. The zero-order valence-electron chi connectivity index (χ0n) is 13.9. The summed E-state index contributed by atoms with van der Waals surface area (Å²) < 4.78 is 2.95. The zero-order chi connectivity index (χ0) is 18.0. The van der Waals surface area contributed by atoms with Gasteiger partial charge in [-0.3, -0.25) is 18.7 Å². The fourth-order valence-corrected chi connectivity index (χ4v) is 2.71. The van der Waals surface area contributed by atoms with Crippen molar-refractivity contribution in [3.8, 4) is 0 Å². The van der Waals surface area contributed by atoms with Crippen LogP contribution in [0.25, 0.3) is 11.0 Å². The van der Waals surface area contributed by atoms with Crippen molar-refractivity contribution in [2.24, 2.45) is 7.05 Å². The highest BCUT2D eigenvalue weighted by Gasteiger charge is 2.13. The summed E-state index contributed by atoms with van der Waals surface area (Å²) in [5, 5.41) is 5.27. The second-order valence-corrected chi connectivity index (χ2v) is 5.62. The van der Waals surface area contributed by atoms with E-state index < -0.39 is 0 Å². The molecule has 0 aliphatic rings. The molecule has 0 aliphatic carbocycles. The molecule has 3 rings (SSSR count). The molecule has 0 aliphatic heterocycles. The lowest BCUT2D eigenvalue weighted by Gasteiger charge is -2.07. The van der Waals surface area contributed by atoms with Crippen LogP contribution in [0.15, 0.2) is 53.3 Å². The quantitative estimate of drug-likeness (QED) is 0.753. The minimum absolute atomic E-state index is 0.0859. The summed E-state index contributed by atoms with van der Waals surface area (Å²) >= 11 is 0. The first-order valence-corrected chi connectivity index (χ1v) is 7.77. The molecule has 0 fully saturated rings. The van der Waals surface area contributed by atoms with E-state index in [0.717, 1.165) is 5.52 Å². The highest BCUT2D eigenvalue weighted by molar-refractivity contribution is 5.95. The van der Waals surface area contributed by atoms with Crippen LogP contribution in [-0.4, -0.2) is 28.0 Å². The first-order valence-electron chi connectivity index (χ1n) is 7.77. The average Bonchev–Trinajstić information content (AvgIpc) is 2.87. The maximum absolute atomic E-state index is 12.3. The van der Waals surface area contributed by atoms with Crippen LogP contribution in [0.4, 0.5) is 5.69 Å². The first-order chi connectivity index (χ1) is 12.0. The van der Waals surface area contributed by atoms with Crippen molar-refractivity contribution >= 4 is 28.5 Å². The molecule has 0 radical (unpaired) electrons. The Labute approximate surface area is 143 Å². The molecule has 3 aromatic rings. The van der Waals surface area contributed by atoms with Crippen LogP contribution in [0.3, 0.4) is 0 Å². The number of carbonyl (C=O) groups is 2. The van der Waals surface area contributed by atoms with Crippen LogP contribution in [0.5, 0.6) is 0 Å². The molecular formula is C18H18N4O3. The third-order valence-corrected chi connectivity index (χ3v) is 4.01. The predicted molar refractivity (Wildman–Crippen MR) is 95.6 cm³/mol. The summed E-state index contributed by atoms with van der Waals surface area (Å²) in [6.45, 7) is -0.0859. The topological polar surface area (TPSA) is 85.1 Å². The van der Waals surface area contributed by atoms with Gasteiger partial charge in [-0.1, -0.05) is 12.1 Å². The number of imidazole rings is 1. The van der Waals surface area contributed by atoms with E-state index >= 15 is 0 Å². The maximum Gasteiger partial charge on any atom is 0.329 e. The van der Waals surface area contributed by atoms with Gasteiger partial charge in [-0.25, -0.2) is 4.79 Å². The van der Waals surface area contributed by atoms with Gasteiger partial charge in [-0.05, 0) is 36.4 Å². The van der Waals surface area contributed by atoms with Crippen LogP contribution in [-0.2, 0) is 18.4 Å². The van der Waals surface area contributed by atoms with Crippen molar-refractivity contribution in [2.45, 2.75) is 6.54 Å². The van der Waals surface area contributed by atoms with Crippen LogP contribution in [0.2, 0.25) is 0 Å². The zero-order valence-corrected chi connectivity index (χ0v) is 13.9. The molecule has 0 unspecified atom stereocenters. The van der Waals surface area contributed by atoms with Gasteiger partial charge in [-0.15, -0.1) is 0 Å². The number of hydrogen-bond acceptors (Lipinski definition) is 3. The van der Waals surface area contributed by atoms with Gasteiger partial charge in [0.1, 0.15) is 6.54 Å². The van der Waals surface area contributed by atoms with E-state index in [9.17, 15) is 14.4 Å². The number of hydrogen-bond donors (Lipinski definition) is 2. The largest absolute Gasteiger partial charge is 0.355 e. The van der Waals surface area contributed by atoms with Gasteiger partial charge in [0, 0.05) is 25.3 Å². The third-order valence-electron chi connectivity index (χ3n) is 4.01. The summed E-state index contributed by atoms with van der Waals surface area (Å²) in [6.07, 6.45) is 0. The van der Waals surface area contributed by atoms with Crippen molar-refractivity contribution in [3.05, 3.63) is 64.6 Å². The third kappa shape index (κ3) is 3.16. The van der Waals surface area contributed by atoms with E-state index in [0.29, 0.717) is 16.8 Å². The second-order valence-electron chi connectivity index (χ2n) is 5.62.